The number of allylic oxidation sites excluding steroid dienone is 1. The summed E-state index contributed by atoms with van der Waals surface area (Å²) in [6, 6.07) is 4.86. The number of esters is 1. The molecule has 2 rings (SSSR count). The van der Waals surface area contributed by atoms with Crippen molar-refractivity contribution < 1.29 is 23.8 Å². The van der Waals surface area contributed by atoms with Crippen molar-refractivity contribution in [3.8, 4) is 11.5 Å². The number of fused-ring (bicyclic) bond motifs is 1. The molecule has 5 nitrogen and oxygen atoms in total. The third-order valence-electron chi connectivity index (χ3n) is 2.31. The van der Waals surface area contributed by atoms with Crippen molar-refractivity contribution >= 4 is 11.8 Å². The van der Waals surface area contributed by atoms with Gasteiger partial charge in [-0.25, -0.2) is 4.79 Å². The lowest BCUT2D eigenvalue weighted by atomic mass is 10.1. The van der Waals surface area contributed by atoms with Crippen molar-refractivity contribution in [2.24, 2.45) is 0 Å². The summed E-state index contributed by atoms with van der Waals surface area (Å²) in [5.74, 6) is 0.319. The molecule has 0 atom stereocenters. The molecule has 0 spiro atoms. The van der Waals surface area contributed by atoms with Crippen LogP contribution in [0.4, 0.5) is 0 Å². The van der Waals surface area contributed by atoms with Crippen molar-refractivity contribution in [1.29, 1.82) is 0 Å². The van der Waals surface area contributed by atoms with Gasteiger partial charge in [-0.2, -0.15) is 0 Å². The number of hydrogen-bond acceptors (Lipinski definition) is 5. The SMILES string of the molecule is CCOC(=O)/C=C/C(=O)c1ccc2c(c1)OCO2. The van der Waals surface area contributed by atoms with Gasteiger partial charge in [0, 0.05) is 11.6 Å². The maximum absolute atomic E-state index is 11.8. The Balaban J connectivity index is 2.07. The number of rotatable bonds is 4. The quantitative estimate of drug-likeness (QED) is 0.461. The van der Waals surface area contributed by atoms with Gasteiger partial charge in [-0.15, -0.1) is 0 Å². The van der Waals surface area contributed by atoms with E-state index in [1.165, 1.54) is 6.08 Å². The van der Waals surface area contributed by atoms with Crippen LogP contribution in [0.2, 0.25) is 0 Å². The molecule has 0 fully saturated rings. The maximum Gasteiger partial charge on any atom is 0.330 e. The summed E-state index contributed by atoms with van der Waals surface area (Å²) in [5, 5.41) is 0. The van der Waals surface area contributed by atoms with Crippen LogP contribution < -0.4 is 9.47 Å². The van der Waals surface area contributed by atoms with Crippen molar-refractivity contribution in [1.82, 2.24) is 0 Å². The summed E-state index contributed by atoms with van der Waals surface area (Å²) >= 11 is 0. The second kappa shape index (κ2) is 5.35. The van der Waals surface area contributed by atoms with Gasteiger partial charge < -0.3 is 14.2 Å². The van der Waals surface area contributed by atoms with Crippen LogP contribution in [-0.2, 0) is 9.53 Å². The van der Waals surface area contributed by atoms with Gasteiger partial charge in [-0.3, -0.25) is 4.79 Å². The zero-order chi connectivity index (χ0) is 13.0. The molecule has 1 aliphatic rings. The monoisotopic (exact) mass is 248 g/mol. The summed E-state index contributed by atoms with van der Waals surface area (Å²) in [4.78, 5) is 22.8. The zero-order valence-corrected chi connectivity index (χ0v) is 9.84. The molecule has 0 bridgehead atoms. The summed E-state index contributed by atoms with van der Waals surface area (Å²) in [7, 11) is 0. The highest BCUT2D eigenvalue weighted by atomic mass is 16.7. The Morgan fingerprint density at radius 3 is 2.83 bits per heavy atom. The molecule has 5 heteroatoms. The highest BCUT2D eigenvalue weighted by molar-refractivity contribution is 6.07. The minimum atomic E-state index is -0.536. The Kier molecular flexibility index (Phi) is 3.62. The van der Waals surface area contributed by atoms with Crippen LogP contribution >= 0.6 is 0 Å². The normalized spacial score (nSPS) is 12.7. The first-order valence-electron chi connectivity index (χ1n) is 5.49. The lowest BCUT2D eigenvalue weighted by Crippen LogP contribution is -2.01. The van der Waals surface area contributed by atoms with E-state index in [0.717, 1.165) is 6.08 Å². The Labute approximate surface area is 104 Å². The molecule has 0 saturated heterocycles. The highest BCUT2D eigenvalue weighted by Gasteiger charge is 2.15. The van der Waals surface area contributed by atoms with E-state index >= 15 is 0 Å². The van der Waals surface area contributed by atoms with Crippen molar-refractivity contribution in [2.75, 3.05) is 13.4 Å². The summed E-state index contributed by atoms with van der Waals surface area (Å²) in [6.07, 6.45) is 2.28. The van der Waals surface area contributed by atoms with Crippen LogP contribution in [0.5, 0.6) is 11.5 Å². The van der Waals surface area contributed by atoms with E-state index in [-0.39, 0.29) is 19.2 Å². The topological polar surface area (TPSA) is 61.8 Å². The number of benzene rings is 1. The van der Waals surface area contributed by atoms with Crippen molar-refractivity contribution in [3.05, 3.63) is 35.9 Å². The largest absolute Gasteiger partial charge is 0.463 e. The molecule has 0 saturated carbocycles. The fraction of sp³-hybridized carbons (Fsp3) is 0.231. The van der Waals surface area contributed by atoms with Crippen LogP contribution in [0.1, 0.15) is 17.3 Å². The standard InChI is InChI=1S/C13H12O5/c1-2-16-13(15)6-4-10(14)9-3-5-11-12(7-9)18-8-17-11/h3-7H,2,8H2,1H3/b6-4+. The van der Waals surface area contributed by atoms with E-state index in [0.29, 0.717) is 17.1 Å². The second-order valence-corrected chi connectivity index (χ2v) is 3.52. The van der Waals surface area contributed by atoms with Crippen LogP contribution in [0.15, 0.2) is 30.4 Å². The maximum atomic E-state index is 11.8. The van der Waals surface area contributed by atoms with Crippen LogP contribution in [0, 0.1) is 0 Å². The van der Waals surface area contributed by atoms with Crippen LogP contribution in [0.25, 0.3) is 0 Å². The predicted molar refractivity (Wildman–Crippen MR) is 62.7 cm³/mol. The third-order valence-corrected chi connectivity index (χ3v) is 2.31. The average molecular weight is 248 g/mol. The Morgan fingerprint density at radius 1 is 1.28 bits per heavy atom. The Hall–Kier alpha value is -2.30. The lowest BCUT2D eigenvalue weighted by Gasteiger charge is -1.99. The van der Waals surface area contributed by atoms with E-state index in [1.54, 1.807) is 25.1 Å². The first-order valence-corrected chi connectivity index (χ1v) is 5.49. The molecule has 94 valence electrons. The summed E-state index contributed by atoms with van der Waals surface area (Å²) < 4.78 is 15.0. The molecule has 0 radical (unpaired) electrons. The molecule has 0 amide bonds. The minimum absolute atomic E-state index is 0.158. The van der Waals surface area contributed by atoms with Gasteiger partial charge in [0.25, 0.3) is 0 Å². The number of carbonyl (C=O) groups is 2. The molecule has 0 unspecified atom stereocenters. The molecular formula is C13H12O5. The fourth-order valence-electron chi connectivity index (χ4n) is 1.48. The predicted octanol–water partition coefficient (Wildman–Crippen LogP) is 1.72. The zero-order valence-electron chi connectivity index (χ0n) is 9.84. The van der Waals surface area contributed by atoms with Crippen molar-refractivity contribution in [2.45, 2.75) is 6.92 Å². The fourth-order valence-corrected chi connectivity index (χ4v) is 1.48. The van der Waals surface area contributed by atoms with E-state index < -0.39 is 5.97 Å². The first-order chi connectivity index (χ1) is 8.70. The minimum Gasteiger partial charge on any atom is -0.463 e. The molecule has 1 aromatic rings. The van der Waals surface area contributed by atoms with Gasteiger partial charge in [-0.1, -0.05) is 0 Å². The molecule has 1 heterocycles. The molecular weight excluding hydrogens is 236 g/mol. The summed E-state index contributed by atoms with van der Waals surface area (Å²) in [6.45, 7) is 2.14. The number of ether oxygens (including phenoxy) is 3. The number of hydrogen-bond donors (Lipinski definition) is 0. The van der Waals surface area contributed by atoms with Gasteiger partial charge >= 0.3 is 5.97 Å². The van der Waals surface area contributed by atoms with Gasteiger partial charge in [0.05, 0.1) is 6.61 Å². The second-order valence-electron chi connectivity index (χ2n) is 3.52. The Bertz CT molecular complexity index is 504. The third kappa shape index (κ3) is 2.68. The van der Waals surface area contributed by atoms with E-state index in [9.17, 15) is 9.59 Å². The first kappa shape index (κ1) is 12.2. The van der Waals surface area contributed by atoms with E-state index in [2.05, 4.69) is 4.74 Å². The molecule has 0 aromatic heterocycles. The lowest BCUT2D eigenvalue weighted by molar-refractivity contribution is -0.137. The van der Waals surface area contributed by atoms with Gasteiger partial charge in [0.1, 0.15) is 0 Å². The van der Waals surface area contributed by atoms with Gasteiger partial charge in [-0.05, 0) is 31.2 Å². The van der Waals surface area contributed by atoms with E-state index in [4.69, 9.17) is 9.47 Å². The summed E-state index contributed by atoms with van der Waals surface area (Å²) in [5.41, 5.74) is 0.430. The molecule has 0 aliphatic carbocycles. The molecule has 0 N–H and O–H groups in total. The smallest absolute Gasteiger partial charge is 0.330 e. The number of ketones is 1. The molecule has 1 aromatic carbocycles. The van der Waals surface area contributed by atoms with Crippen molar-refractivity contribution in [3.63, 3.8) is 0 Å². The highest BCUT2D eigenvalue weighted by Crippen LogP contribution is 2.32. The van der Waals surface area contributed by atoms with Gasteiger partial charge in [0.2, 0.25) is 6.79 Å². The Morgan fingerprint density at radius 2 is 2.06 bits per heavy atom. The van der Waals surface area contributed by atoms with Gasteiger partial charge in [0.15, 0.2) is 17.3 Å². The number of carbonyl (C=O) groups excluding carboxylic acids is 2. The molecule has 1 aliphatic heterocycles. The van der Waals surface area contributed by atoms with Crippen LogP contribution in [-0.4, -0.2) is 25.2 Å². The molecule has 18 heavy (non-hydrogen) atoms. The van der Waals surface area contributed by atoms with E-state index in [1.807, 2.05) is 0 Å². The average Bonchev–Trinajstić information content (AvgIpc) is 2.83. The van der Waals surface area contributed by atoms with Crippen LogP contribution in [0.3, 0.4) is 0 Å².